The van der Waals surface area contributed by atoms with Crippen molar-refractivity contribution >= 4 is 29.2 Å². The largest absolute Gasteiger partial charge is 0.377 e. The molecule has 2 aromatic carbocycles. The Morgan fingerprint density at radius 1 is 1.07 bits per heavy atom. The molecule has 29 heavy (non-hydrogen) atoms. The number of para-hydroxylation sites is 1. The lowest BCUT2D eigenvalue weighted by Crippen LogP contribution is -2.74. The minimum Gasteiger partial charge on any atom is -0.377 e. The first-order chi connectivity index (χ1) is 14.0. The molecule has 1 spiro atoms. The van der Waals surface area contributed by atoms with Gasteiger partial charge in [-0.05, 0) is 37.1 Å². The van der Waals surface area contributed by atoms with Gasteiger partial charge in [-0.3, -0.25) is 14.9 Å². The van der Waals surface area contributed by atoms with Gasteiger partial charge >= 0.3 is 6.03 Å². The van der Waals surface area contributed by atoms with Crippen LogP contribution in [0.15, 0.2) is 48.5 Å². The van der Waals surface area contributed by atoms with Crippen molar-refractivity contribution in [1.29, 1.82) is 0 Å². The molecule has 0 aromatic heterocycles. The van der Waals surface area contributed by atoms with Crippen LogP contribution in [0.1, 0.15) is 11.1 Å². The van der Waals surface area contributed by atoms with Gasteiger partial charge in [0.2, 0.25) is 5.91 Å². The maximum atomic E-state index is 13.8. The SMILES string of the molecule is Cc1ccc(N2C(=O)NC(=O)[C@]3(Cc4ccccc4N4CCOC[C@@H]43)C2=O)cc1. The minimum atomic E-state index is -1.42. The number of nitrogens with one attached hydrogen (secondary N) is 1. The predicted octanol–water partition coefficient (Wildman–Crippen LogP) is 2.03. The lowest BCUT2D eigenvalue weighted by atomic mass is 9.68. The quantitative estimate of drug-likeness (QED) is 0.753. The Kier molecular flexibility index (Phi) is 3.96. The molecule has 3 aliphatic rings. The number of anilines is 2. The lowest BCUT2D eigenvalue weighted by Gasteiger charge is -2.53. The minimum absolute atomic E-state index is 0.230. The number of ether oxygens (including phenoxy) is 1. The van der Waals surface area contributed by atoms with Crippen LogP contribution in [0.3, 0.4) is 0 Å². The fourth-order valence-corrected chi connectivity index (χ4v) is 4.69. The highest BCUT2D eigenvalue weighted by Crippen LogP contribution is 2.45. The summed E-state index contributed by atoms with van der Waals surface area (Å²) in [5, 5.41) is 2.44. The molecule has 4 amide bonds. The Bertz CT molecular complexity index is 1020. The second-order valence-electron chi connectivity index (χ2n) is 7.80. The van der Waals surface area contributed by atoms with E-state index in [1.165, 1.54) is 0 Å². The molecule has 1 N–H and O–H groups in total. The molecule has 0 bridgehead atoms. The van der Waals surface area contributed by atoms with E-state index < -0.39 is 29.3 Å². The Morgan fingerprint density at radius 3 is 2.62 bits per heavy atom. The van der Waals surface area contributed by atoms with Crippen LogP contribution >= 0.6 is 0 Å². The molecule has 2 fully saturated rings. The summed E-state index contributed by atoms with van der Waals surface area (Å²) in [6.07, 6.45) is 0.230. The van der Waals surface area contributed by atoms with E-state index in [4.69, 9.17) is 4.74 Å². The number of aryl methyl sites for hydroxylation is 1. The van der Waals surface area contributed by atoms with Crippen molar-refractivity contribution < 1.29 is 19.1 Å². The van der Waals surface area contributed by atoms with E-state index in [0.717, 1.165) is 21.7 Å². The van der Waals surface area contributed by atoms with E-state index in [2.05, 4.69) is 10.2 Å². The normalized spacial score (nSPS) is 26.2. The Balaban J connectivity index is 1.66. The second kappa shape index (κ2) is 6.42. The van der Waals surface area contributed by atoms with Gasteiger partial charge in [0.15, 0.2) is 5.41 Å². The highest BCUT2D eigenvalue weighted by Gasteiger charge is 2.62. The molecular formula is C22H21N3O4. The van der Waals surface area contributed by atoms with Crippen molar-refractivity contribution in [3.63, 3.8) is 0 Å². The van der Waals surface area contributed by atoms with E-state index in [9.17, 15) is 14.4 Å². The van der Waals surface area contributed by atoms with Gasteiger partial charge in [0.05, 0.1) is 24.9 Å². The van der Waals surface area contributed by atoms with Gasteiger partial charge < -0.3 is 9.64 Å². The van der Waals surface area contributed by atoms with Crippen LogP contribution in [0, 0.1) is 12.3 Å². The molecule has 3 heterocycles. The summed E-state index contributed by atoms with van der Waals surface area (Å²) in [7, 11) is 0. The average molecular weight is 391 g/mol. The Hall–Kier alpha value is -3.19. The smallest absolute Gasteiger partial charge is 0.335 e. The van der Waals surface area contributed by atoms with Crippen LogP contribution in [0.4, 0.5) is 16.2 Å². The van der Waals surface area contributed by atoms with Gasteiger partial charge in [0.1, 0.15) is 0 Å². The Labute approximate surface area is 168 Å². The zero-order valence-corrected chi connectivity index (χ0v) is 16.1. The number of fused-ring (bicyclic) bond motifs is 4. The van der Waals surface area contributed by atoms with E-state index >= 15 is 0 Å². The summed E-state index contributed by atoms with van der Waals surface area (Å²) in [5.74, 6) is -1.05. The van der Waals surface area contributed by atoms with Gasteiger partial charge in [0.25, 0.3) is 5.91 Å². The number of hydrogen-bond acceptors (Lipinski definition) is 5. The van der Waals surface area contributed by atoms with E-state index in [0.29, 0.717) is 18.8 Å². The molecule has 7 heteroatoms. The third kappa shape index (κ3) is 2.50. The summed E-state index contributed by atoms with van der Waals surface area (Å²) in [6, 6.07) is 13.7. The molecule has 7 nitrogen and oxygen atoms in total. The number of urea groups is 1. The van der Waals surface area contributed by atoms with Gasteiger partial charge in [-0.1, -0.05) is 35.9 Å². The monoisotopic (exact) mass is 391 g/mol. The number of rotatable bonds is 1. The molecular weight excluding hydrogens is 370 g/mol. The zero-order valence-electron chi connectivity index (χ0n) is 16.1. The summed E-state index contributed by atoms with van der Waals surface area (Å²) in [6.45, 7) is 3.30. The first-order valence-corrected chi connectivity index (χ1v) is 9.71. The van der Waals surface area contributed by atoms with Crippen molar-refractivity contribution in [1.82, 2.24) is 5.32 Å². The molecule has 5 rings (SSSR count). The van der Waals surface area contributed by atoms with E-state index in [-0.39, 0.29) is 13.0 Å². The third-order valence-electron chi connectivity index (χ3n) is 6.17. The van der Waals surface area contributed by atoms with Crippen molar-refractivity contribution in [2.24, 2.45) is 5.41 Å². The van der Waals surface area contributed by atoms with Crippen LogP contribution in [0.25, 0.3) is 0 Å². The number of imide groups is 2. The number of morpholine rings is 1. The van der Waals surface area contributed by atoms with Gasteiger partial charge in [-0.2, -0.15) is 0 Å². The number of hydrogen-bond donors (Lipinski definition) is 1. The standard InChI is InChI=1S/C22H21N3O4/c1-14-6-8-16(9-7-14)25-20(27)22(19(26)23-21(25)28)12-15-4-2-3-5-17(15)24-10-11-29-13-18(22)24/h2-9,18H,10-13H2,1H3,(H,23,26,28)/t18-,22-/m1/s1. The van der Waals surface area contributed by atoms with Crippen LogP contribution in [-0.2, 0) is 20.7 Å². The number of carbonyl (C=O) groups excluding carboxylic acids is 3. The van der Waals surface area contributed by atoms with Crippen LogP contribution in [0.2, 0.25) is 0 Å². The number of benzene rings is 2. The number of amides is 4. The molecule has 2 saturated heterocycles. The molecule has 0 aliphatic carbocycles. The molecule has 0 radical (unpaired) electrons. The molecule has 3 aliphatic heterocycles. The van der Waals surface area contributed by atoms with E-state index in [1.807, 2.05) is 43.3 Å². The lowest BCUT2D eigenvalue weighted by molar-refractivity contribution is -0.146. The molecule has 0 unspecified atom stereocenters. The second-order valence-corrected chi connectivity index (χ2v) is 7.80. The van der Waals surface area contributed by atoms with E-state index in [1.54, 1.807) is 12.1 Å². The molecule has 148 valence electrons. The van der Waals surface area contributed by atoms with Crippen molar-refractivity contribution in [2.45, 2.75) is 19.4 Å². The summed E-state index contributed by atoms with van der Waals surface area (Å²) in [5.41, 5.74) is 1.99. The first kappa shape index (κ1) is 17.9. The highest BCUT2D eigenvalue weighted by atomic mass is 16.5. The average Bonchev–Trinajstić information content (AvgIpc) is 2.73. The first-order valence-electron chi connectivity index (χ1n) is 9.71. The summed E-state index contributed by atoms with van der Waals surface area (Å²) in [4.78, 5) is 42.9. The topological polar surface area (TPSA) is 79.0 Å². The van der Waals surface area contributed by atoms with Crippen molar-refractivity contribution in [3.8, 4) is 0 Å². The van der Waals surface area contributed by atoms with Crippen LogP contribution in [0.5, 0.6) is 0 Å². The fraction of sp³-hybridized carbons (Fsp3) is 0.318. The number of carbonyl (C=O) groups is 3. The third-order valence-corrected chi connectivity index (χ3v) is 6.17. The zero-order chi connectivity index (χ0) is 20.2. The predicted molar refractivity (Wildman–Crippen MR) is 107 cm³/mol. The van der Waals surface area contributed by atoms with Gasteiger partial charge in [0, 0.05) is 12.2 Å². The molecule has 2 atom stereocenters. The fourth-order valence-electron chi connectivity index (χ4n) is 4.69. The molecule has 0 saturated carbocycles. The number of nitrogens with zero attached hydrogens (tertiary/aromatic N) is 2. The molecule has 2 aromatic rings. The van der Waals surface area contributed by atoms with Crippen LogP contribution < -0.4 is 15.1 Å². The van der Waals surface area contributed by atoms with Gasteiger partial charge in [-0.15, -0.1) is 0 Å². The highest BCUT2D eigenvalue weighted by molar-refractivity contribution is 6.30. The summed E-state index contributed by atoms with van der Waals surface area (Å²) < 4.78 is 5.68. The number of barbiturate groups is 1. The van der Waals surface area contributed by atoms with Crippen LogP contribution in [-0.4, -0.2) is 43.6 Å². The summed E-state index contributed by atoms with van der Waals surface area (Å²) >= 11 is 0. The van der Waals surface area contributed by atoms with Crippen molar-refractivity contribution in [2.75, 3.05) is 29.6 Å². The van der Waals surface area contributed by atoms with Gasteiger partial charge in [-0.25, -0.2) is 9.69 Å². The maximum absolute atomic E-state index is 13.8. The Morgan fingerprint density at radius 2 is 1.83 bits per heavy atom. The maximum Gasteiger partial charge on any atom is 0.335 e. The van der Waals surface area contributed by atoms with Crippen molar-refractivity contribution in [3.05, 3.63) is 59.7 Å².